The van der Waals surface area contributed by atoms with Crippen molar-refractivity contribution in [3.05, 3.63) is 41.8 Å². The van der Waals surface area contributed by atoms with Gasteiger partial charge in [0.25, 0.3) is 0 Å². The molecule has 13 heavy (non-hydrogen) atoms. The van der Waals surface area contributed by atoms with Gasteiger partial charge in [-0.15, -0.1) is 0 Å². The molecule has 1 radical (unpaired) electrons. The van der Waals surface area contributed by atoms with Gasteiger partial charge in [0.2, 0.25) is 0 Å². The standard InChI is InChI=1S/C12H15O/c1-4-5-12(13)11-7-6-9(2)10(3)8-11/h6-8H,1,4-5H2,2-3H3. The van der Waals surface area contributed by atoms with E-state index in [9.17, 15) is 4.79 Å². The Kier molecular flexibility index (Phi) is 3.24. The average Bonchev–Trinajstić information content (AvgIpc) is 2.10. The van der Waals surface area contributed by atoms with Crippen LogP contribution in [0.5, 0.6) is 0 Å². The lowest BCUT2D eigenvalue weighted by atomic mass is 10.0. The number of hydrogen-bond donors (Lipinski definition) is 0. The van der Waals surface area contributed by atoms with Gasteiger partial charge in [-0.05, 0) is 37.5 Å². The molecule has 0 aliphatic carbocycles. The first-order valence-electron chi connectivity index (χ1n) is 4.55. The van der Waals surface area contributed by atoms with E-state index in [4.69, 9.17) is 0 Å². The normalized spacial score (nSPS) is 10.1. The number of ketones is 1. The highest BCUT2D eigenvalue weighted by Crippen LogP contribution is 2.11. The highest BCUT2D eigenvalue weighted by molar-refractivity contribution is 5.96. The molecule has 0 fully saturated rings. The Morgan fingerprint density at radius 2 is 2.00 bits per heavy atom. The zero-order valence-electron chi connectivity index (χ0n) is 8.26. The zero-order valence-corrected chi connectivity index (χ0v) is 8.26. The summed E-state index contributed by atoms with van der Waals surface area (Å²) in [5.74, 6) is 0.193. The first-order chi connectivity index (χ1) is 6.15. The molecule has 1 nitrogen and oxygen atoms in total. The third-order valence-corrected chi connectivity index (χ3v) is 2.23. The Labute approximate surface area is 79.8 Å². The molecule has 0 atom stereocenters. The lowest BCUT2D eigenvalue weighted by molar-refractivity contribution is 0.0983. The molecule has 0 bridgehead atoms. The molecule has 1 rings (SSSR count). The lowest BCUT2D eigenvalue weighted by Gasteiger charge is -2.03. The predicted molar refractivity (Wildman–Crippen MR) is 54.8 cm³/mol. The molecule has 0 saturated heterocycles. The van der Waals surface area contributed by atoms with Gasteiger partial charge >= 0.3 is 0 Å². The molecule has 1 aromatic carbocycles. The molecule has 0 aliphatic heterocycles. The summed E-state index contributed by atoms with van der Waals surface area (Å²) in [4.78, 5) is 11.5. The van der Waals surface area contributed by atoms with Gasteiger partial charge in [-0.25, -0.2) is 0 Å². The highest BCUT2D eigenvalue weighted by Gasteiger charge is 2.04. The van der Waals surface area contributed by atoms with Crippen LogP contribution in [-0.2, 0) is 0 Å². The number of hydrogen-bond acceptors (Lipinski definition) is 1. The topological polar surface area (TPSA) is 17.1 Å². The van der Waals surface area contributed by atoms with Gasteiger partial charge in [-0.2, -0.15) is 0 Å². The molecule has 0 amide bonds. The van der Waals surface area contributed by atoms with Gasteiger partial charge in [-0.1, -0.05) is 19.1 Å². The number of rotatable bonds is 3. The lowest BCUT2D eigenvalue weighted by Crippen LogP contribution is -1.98. The van der Waals surface area contributed by atoms with E-state index in [1.54, 1.807) is 0 Å². The van der Waals surface area contributed by atoms with E-state index in [1.165, 1.54) is 11.1 Å². The zero-order chi connectivity index (χ0) is 9.84. The molecule has 0 aliphatic rings. The monoisotopic (exact) mass is 175 g/mol. The summed E-state index contributed by atoms with van der Waals surface area (Å²) >= 11 is 0. The molecule has 69 valence electrons. The number of Topliss-reactive ketones (excluding diaryl/α,β-unsaturated/α-hetero) is 1. The second kappa shape index (κ2) is 4.22. The predicted octanol–water partition coefficient (Wildman–Crippen LogP) is 3.10. The largest absolute Gasteiger partial charge is 0.294 e. The molecular formula is C12H15O. The second-order valence-corrected chi connectivity index (χ2v) is 3.33. The number of benzene rings is 1. The van der Waals surface area contributed by atoms with Crippen LogP contribution < -0.4 is 0 Å². The Hall–Kier alpha value is -1.11. The van der Waals surface area contributed by atoms with Crippen molar-refractivity contribution >= 4 is 5.78 Å². The molecule has 0 saturated carbocycles. The van der Waals surface area contributed by atoms with Crippen molar-refractivity contribution in [1.82, 2.24) is 0 Å². The Morgan fingerprint density at radius 1 is 1.31 bits per heavy atom. The minimum absolute atomic E-state index is 0.193. The van der Waals surface area contributed by atoms with Gasteiger partial charge in [0.1, 0.15) is 0 Å². The van der Waals surface area contributed by atoms with E-state index in [2.05, 4.69) is 6.92 Å². The van der Waals surface area contributed by atoms with E-state index in [1.807, 2.05) is 32.0 Å². The fourth-order valence-electron chi connectivity index (χ4n) is 1.22. The quantitative estimate of drug-likeness (QED) is 0.645. The minimum atomic E-state index is 0.193. The van der Waals surface area contributed by atoms with Crippen molar-refractivity contribution in [2.45, 2.75) is 26.7 Å². The first kappa shape index (κ1) is 9.97. The van der Waals surface area contributed by atoms with Crippen LogP contribution in [0.25, 0.3) is 0 Å². The average molecular weight is 175 g/mol. The van der Waals surface area contributed by atoms with Crippen LogP contribution in [0.15, 0.2) is 18.2 Å². The van der Waals surface area contributed by atoms with Crippen molar-refractivity contribution < 1.29 is 4.79 Å². The molecule has 0 spiro atoms. The summed E-state index contributed by atoms with van der Waals surface area (Å²) in [6.07, 6.45) is 1.22. The number of carbonyl (C=O) groups is 1. The highest BCUT2D eigenvalue weighted by atomic mass is 16.1. The maximum Gasteiger partial charge on any atom is 0.162 e. The van der Waals surface area contributed by atoms with Crippen molar-refractivity contribution in [2.24, 2.45) is 0 Å². The third kappa shape index (κ3) is 2.41. The van der Waals surface area contributed by atoms with Gasteiger partial charge in [-0.3, -0.25) is 4.79 Å². The van der Waals surface area contributed by atoms with Crippen molar-refractivity contribution in [2.75, 3.05) is 0 Å². The maximum atomic E-state index is 11.5. The van der Waals surface area contributed by atoms with Crippen LogP contribution in [0.1, 0.15) is 34.3 Å². The van der Waals surface area contributed by atoms with Crippen LogP contribution >= 0.6 is 0 Å². The van der Waals surface area contributed by atoms with Crippen LogP contribution in [0.3, 0.4) is 0 Å². The Balaban J connectivity index is 2.90. The molecule has 0 heterocycles. The van der Waals surface area contributed by atoms with E-state index in [-0.39, 0.29) is 5.78 Å². The van der Waals surface area contributed by atoms with Crippen LogP contribution in [0.2, 0.25) is 0 Å². The van der Waals surface area contributed by atoms with Crippen molar-refractivity contribution in [3.63, 3.8) is 0 Å². The summed E-state index contributed by atoms with van der Waals surface area (Å²) < 4.78 is 0. The number of carbonyl (C=O) groups excluding carboxylic acids is 1. The summed E-state index contributed by atoms with van der Waals surface area (Å²) in [5.41, 5.74) is 3.22. The summed E-state index contributed by atoms with van der Waals surface area (Å²) in [6, 6.07) is 5.83. The van der Waals surface area contributed by atoms with Crippen LogP contribution in [-0.4, -0.2) is 5.78 Å². The molecule has 0 unspecified atom stereocenters. The van der Waals surface area contributed by atoms with E-state index in [0.29, 0.717) is 12.8 Å². The van der Waals surface area contributed by atoms with Crippen LogP contribution in [0, 0.1) is 20.8 Å². The van der Waals surface area contributed by atoms with Gasteiger partial charge in [0.05, 0.1) is 0 Å². The van der Waals surface area contributed by atoms with Crippen LogP contribution in [0.4, 0.5) is 0 Å². The molecular weight excluding hydrogens is 160 g/mol. The SMILES string of the molecule is [CH2]CCC(=O)c1ccc(C)c(C)c1. The third-order valence-electron chi connectivity index (χ3n) is 2.23. The smallest absolute Gasteiger partial charge is 0.162 e. The second-order valence-electron chi connectivity index (χ2n) is 3.33. The molecule has 1 heteroatoms. The van der Waals surface area contributed by atoms with Gasteiger partial charge in [0.15, 0.2) is 5.78 Å². The summed E-state index contributed by atoms with van der Waals surface area (Å²) in [5, 5.41) is 0. The molecule has 1 aromatic rings. The van der Waals surface area contributed by atoms with Crippen molar-refractivity contribution in [1.29, 1.82) is 0 Å². The fourth-order valence-corrected chi connectivity index (χ4v) is 1.22. The minimum Gasteiger partial charge on any atom is -0.294 e. The Morgan fingerprint density at radius 3 is 2.54 bits per heavy atom. The first-order valence-corrected chi connectivity index (χ1v) is 4.55. The Bertz CT molecular complexity index is 313. The van der Waals surface area contributed by atoms with E-state index >= 15 is 0 Å². The van der Waals surface area contributed by atoms with Gasteiger partial charge in [0, 0.05) is 12.0 Å². The van der Waals surface area contributed by atoms with E-state index in [0.717, 1.165) is 5.56 Å². The number of aryl methyl sites for hydroxylation is 2. The fraction of sp³-hybridized carbons (Fsp3) is 0.333. The van der Waals surface area contributed by atoms with Gasteiger partial charge < -0.3 is 0 Å². The summed E-state index contributed by atoms with van der Waals surface area (Å²) in [6.45, 7) is 7.74. The summed E-state index contributed by atoms with van der Waals surface area (Å²) in [7, 11) is 0. The van der Waals surface area contributed by atoms with Crippen molar-refractivity contribution in [3.8, 4) is 0 Å². The van der Waals surface area contributed by atoms with E-state index < -0.39 is 0 Å². The molecule has 0 aromatic heterocycles. The maximum absolute atomic E-state index is 11.5. The molecule has 0 N–H and O–H groups in total.